The lowest BCUT2D eigenvalue weighted by molar-refractivity contribution is 0.0910. The third kappa shape index (κ3) is 4.29. The van der Waals surface area contributed by atoms with Gasteiger partial charge in [0.25, 0.3) is 5.91 Å². The summed E-state index contributed by atoms with van der Waals surface area (Å²) >= 11 is 5.95. The second-order valence-electron chi connectivity index (χ2n) is 7.03. The van der Waals surface area contributed by atoms with Gasteiger partial charge in [-0.05, 0) is 42.7 Å². The van der Waals surface area contributed by atoms with Gasteiger partial charge in [0.1, 0.15) is 0 Å². The normalized spacial score (nSPS) is 15.7. The molecule has 0 aliphatic carbocycles. The lowest BCUT2D eigenvalue weighted by atomic mass is 10.0. The minimum absolute atomic E-state index is 0.0320. The minimum atomic E-state index is -0.0320. The Morgan fingerprint density at radius 2 is 1.81 bits per heavy atom. The van der Waals surface area contributed by atoms with E-state index in [2.05, 4.69) is 27.3 Å². The molecule has 0 unspecified atom stereocenters. The summed E-state index contributed by atoms with van der Waals surface area (Å²) in [4.78, 5) is 19.6. The zero-order valence-electron chi connectivity index (χ0n) is 15.1. The fourth-order valence-corrected chi connectivity index (χ4v) is 3.76. The Kier molecular flexibility index (Phi) is 5.37. The molecule has 0 bridgehead atoms. The number of aromatic nitrogens is 1. The van der Waals surface area contributed by atoms with Crippen LogP contribution in [0.15, 0.2) is 60.8 Å². The molecule has 3 aromatic rings. The van der Waals surface area contributed by atoms with Gasteiger partial charge in [-0.25, -0.2) is 0 Å². The van der Waals surface area contributed by atoms with Crippen LogP contribution in [0.25, 0.3) is 10.9 Å². The van der Waals surface area contributed by atoms with Crippen LogP contribution in [0.4, 0.5) is 0 Å². The van der Waals surface area contributed by atoms with Crippen molar-refractivity contribution < 1.29 is 4.79 Å². The van der Waals surface area contributed by atoms with Gasteiger partial charge in [0.15, 0.2) is 0 Å². The molecule has 1 aliphatic heterocycles. The predicted molar refractivity (Wildman–Crippen MR) is 109 cm³/mol. The number of carbonyl (C=O) groups excluding carboxylic acids is 1. The van der Waals surface area contributed by atoms with E-state index in [9.17, 15) is 4.79 Å². The first kappa shape index (κ1) is 18.0. The maximum atomic E-state index is 12.8. The number of benzene rings is 2. The lowest BCUT2D eigenvalue weighted by Gasteiger charge is -2.32. The van der Waals surface area contributed by atoms with Crippen molar-refractivity contribution in [2.75, 3.05) is 13.1 Å². The van der Waals surface area contributed by atoms with Crippen molar-refractivity contribution in [1.82, 2.24) is 15.2 Å². The van der Waals surface area contributed by atoms with Crippen molar-refractivity contribution in [3.63, 3.8) is 0 Å². The average Bonchev–Trinajstić information content (AvgIpc) is 2.71. The molecule has 1 N–H and O–H groups in total. The Morgan fingerprint density at radius 3 is 2.59 bits per heavy atom. The van der Waals surface area contributed by atoms with Gasteiger partial charge in [-0.1, -0.05) is 41.9 Å². The molecule has 2 heterocycles. The van der Waals surface area contributed by atoms with Gasteiger partial charge < -0.3 is 5.32 Å². The Balaban J connectivity index is 1.34. The maximum absolute atomic E-state index is 12.8. The number of hydrogen-bond acceptors (Lipinski definition) is 3. The number of nitrogens with one attached hydrogen (secondary N) is 1. The highest BCUT2D eigenvalue weighted by molar-refractivity contribution is 6.30. The van der Waals surface area contributed by atoms with Gasteiger partial charge in [0.2, 0.25) is 0 Å². The molecule has 5 heteroatoms. The summed E-state index contributed by atoms with van der Waals surface area (Å²) in [6.07, 6.45) is 3.64. The van der Waals surface area contributed by atoms with Crippen LogP contribution in [-0.2, 0) is 6.54 Å². The second-order valence-corrected chi connectivity index (χ2v) is 7.47. The largest absolute Gasteiger partial charge is 0.349 e. The van der Waals surface area contributed by atoms with Gasteiger partial charge in [-0.2, -0.15) is 0 Å². The van der Waals surface area contributed by atoms with E-state index in [1.165, 1.54) is 5.56 Å². The lowest BCUT2D eigenvalue weighted by Crippen LogP contribution is -2.44. The summed E-state index contributed by atoms with van der Waals surface area (Å²) < 4.78 is 0. The number of pyridine rings is 1. The molecule has 1 saturated heterocycles. The second kappa shape index (κ2) is 8.07. The molecule has 2 aromatic carbocycles. The van der Waals surface area contributed by atoms with Crippen molar-refractivity contribution in [2.24, 2.45) is 0 Å². The number of fused-ring (bicyclic) bond motifs is 1. The van der Waals surface area contributed by atoms with E-state index >= 15 is 0 Å². The molecule has 1 aliphatic rings. The van der Waals surface area contributed by atoms with Crippen molar-refractivity contribution in [1.29, 1.82) is 0 Å². The standard InChI is InChI=1S/C22H22ClN3O/c23-18-8-6-16(7-9-18)15-26-13-10-19(11-14-26)25-22(27)20-5-1-3-17-4-2-12-24-21(17)20/h1-9,12,19H,10-11,13-15H2,(H,25,27). The summed E-state index contributed by atoms with van der Waals surface area (Å²) in [7, 11) is 0. The highest BCUT2D eigenvalue weighted by Crippen LogP contribution is 2.19. The molecule has 0 saturated carbocycles. The van der Waals surface area contributed by atoms with Crippen molar-refractivity contribution in [3.05, 3.63) is 76.9 Å². The van der Waals surface area contributed by atoms with E-state index in [1.807, 2.05) is 42.5 Å². The van der Waals surface area contributed by atoms with Crippen molar-refractivity contribution in [3.8, 4) is 0 Å². The van der Waals surface area contributed by atoms with Crippen molar-refractivity contribution in [2.45, 2.75) is 25.4 Å². The predicted octanol–water partition coefficient (Wildman–Crippen LogP) is 4.28. The smallest absolute Gasteiger partial charge is 0.253 e. The number of likely N-dealkylation sites (tertiary alicyclic amines) is 1. The molecule has 138 valence electrons. The molecule has 27 heavy (non-hydrogen) atoms. The van der Waals surface area contributed by atoms with E-state index in [-0.39, 0.29) is 11.9 Å². The third-order valence-electron chi connectivity index (χ3n) is 5.12. The summed E-state index contributed by atoms with van der Waals surface area (Å²) in [5, 5.41) is 4.95. The number of nitrogens with zero attached hydrogens (tertiary/aromatic N) is 2. The molecular formula is C22H22ClN3O. The van der Waals surface area contributed by atoms with Crippen LogP contribution in [0.5, 0.6) is 0 Å². The summed E-state index contributed by atoms with van der Waals surface area (Å²) in [6.45, 7) is 2.87. The van der Waals surface area contributed by atoms with E-state index in [4.69, 9.17) is 11.6 Å². The third-order valence-corrected chi connectivity index (χ3v) is 5.37. The number of piperidine rings is 1. The highest BCUT2D eigenvalue weighted by Gasteiger charge is 2.22. The summed E-state index contributed by atoms with van der Waals surface area (Å²) in [5.74, 6) is -0.0320. The Morgan fingerprint density at radius 1 is 1.07 bits per heavy atom. The van der Waals surface area contributed by atoms with E-state index < -0.39 is 0 Å². The topological polar surface area (TPSA) is 45.2 Å². The molecule has 0 atom stereocenters. The minimum Gasteiger partial charge on any atom is -0.349 e. The van der Waals surface area contributed by atoms with E-state index in [1.54, 1.807) is 6.20 Å². The molecule has 4 rings (SSSR count). The monoisotopic (exact) mass is 379 g/mol. The Hall–Kier alpha value is -2.43. The molecule has 0 radical (unpaired) electrons. The number of rotatable bonds is 4. The number of para-hydroxylation sites is 1. The number of hydrogen-bond donors (Lipinski definition) is 1. The molecule has 1 aromatic heterocycles. The van der Waals surface area contributed by atoms with Crippen LogP contribution in [-0.4, -0.2) is 34.9 Å². The molecular weight excluding hydrogens is 358 g/mol. The van der Waals surface area contributed by atoms with Gasteiger partial charge >= 0.3 is 0 Å². The highest BCUT2D eigenvalue weighted by atomic mass is 35.5. The first-order valence-corrected chi connectivity index (χ1v) is 9.68. The first-order valence-electron chi connectivity index (χ1n) is 9.30. The number of amides is 1. The fourth-order valence-electron chi connectivity index (χ4n) is 3.63. The van der Waals surface area contributed by atoms with Gasteiger partial charge in [0, 0.05) is 42.3 Å². The van der Waals surface area contributed by atoms with E-state index in [0.29, 0.717) is 5.56 Å². The fraction of sp³-hybridized carbons (Fsp3) is 0.273. The molecule has 0 spiro atoms. The molecule has 4 nitrogen and oxygen atoms in total. The Bertz CT molecular complexity index is 928. The molecule has 1 fully saturated rings. The van der Waals surface area contributed by atoms with Crippen LogP contribution in [0, 0.1) is 0 Å². The van der Waals surface area contributed by atoms with Crippen molar-refractivity contribution >= 4 is 28.4 Å². The van der Waals surface area contributed by atoms with Crippen LogP contribution in [0.2, 0.25) is 5.02 Å². The Labute approximate surface area is 164 Å². The summed E-state index contributed by atoms with van der Waals surface area (Å²) in [6, 6.07) is 17.8. The SMILES string of the molecule is O=C(NC1CCN(Cc2ccc(Cl)cc2)CC1)c1cccc2cccnc12. The number of halogens is 1. The zero-order chi connectivity index (χ0) is 18.6. The van der Waals surface area contributed by atoms with E-state index in [0.717, 1.165) is 48.4 Å². The first-order chi connectivity index (χ1) is 13.2. The van der Waals surface area contributed by atoms with Gasteiger partial charge in [0.05, 0.1) is 11.1 Å². The van der Waals surface area contributed by atoms with Crippen LogP contribution in [0.3, 0.4) is 0 Å². The average molecular weight is 380 g/mol. The molecule has 1 amide bonds. The van der Waals surface area contributed by atoms with Crippen LogP contribution < -0.4 is 5.32 Å². The summed E-state index contributed by atoms with van der Waals surface area (Å²) in [5.41, 5.74) is 2.68. The van der Waals surface area contributed by atoms with Crippen LogP contribution in [0.1, 0.15) is 28.8 Å². The quantitative estimate of drug-likeness (QED) is 0.735. The zero-order valence-corrected chi connectivity index (χ0v) is 15.8. The van der Waals surface area contributed by atoms with Gasteiger partial charge in [-0.3, -0.25) is 14.7 Å². The maximum Gasteiger partial charge on any atom is 0.253 e. The number of carbonyl (C=O) groups is 1. The van der Waals surface area contributed by atoms with Crippen LogP contribution >= 0.6 is 11.6 Å². The van der Waals surface area contributed by atoms with Gasteiger partial charge in [-0.15, -0.1) is 0 Å².